The summed E-state index contributed by atoms with van der Waals surface area (Å²) in [5.74, 6) is 0. The van der Waals surface area contributed by atoms with E-state index in [1.165, 1.54) is 16.8 Å². The van der Waals surface area contributed by atoms with Gasteiger partial charge < -0.3 is 10.6 Å². The minimum absolute atomic E-state index is 0.286. The van der Waals surface area contributed by atoms with Crippen LogP contribution in [0.25, 0.3) is 0 Å². The molecule has 1 unspecified atom stereocenters. The van der Waals surface area contributed by atoms with E-state index < -0.39 is 0 Å². The SMILES string of the molecule is CCC(N)Cc1ccc(N(C)CC)cc1C. The molecule has 1 aromatic carbocycles. The Morgan fingerprint density at radius 3 is 2.50 bits per heavy atom. The van der Waals surface area contributed by atoms with Gasteiger partial charge in [0.1, 0.15) is 0 Å². The molecule has 0 saturated carbocycles. The number of nitrogens with two attached hydrogens (primary N) is 1. The predicted molar refractivity (Wildman–Crippen MR) is 72.1 cm³/mol. The number of benzene rings is 1. The third-order valence-electron chi connectivity index (χ3n) is 3.25. The zero-order chi connectivity index (χ0) is 12.1. The van der Waals surface area contributed by atoms with Crippen LogP contribution in [0.2, 0.25) is 0 Å². The monoisotopic (exact) mass is 220 g/mol. The molecule has 0 fully saturated rings. The van der Waals surface area contributed by atoms with E-state index in [0.29, 0.717) is 0 Å². The van der Waals surface area contributed by atoms with E-state index in [4.69, 9.17) is 5.73 Å². The Kier molecular flexibility index (Phi) is 4.81. The van der Waals surface area contributed by atoms with Gasteiger partial charge in [-0.25, -0.2) is 0 Å². The molecule has 1 rings (SSSR count). The Morgan fingerprint density at radius 2 is 2.00 bits per heavy atom. The summed E-state index contributed by atoms with van der Waals surface area (Å²) in [6, 6.07) is 6.94. The van der Waals surface area contributed by atoms with Crippen molar-refractivity contribution in [2.24, 2.45) is 5.73 Å². The summed E-state index contributed by atoms with van der Waals surface area (Å²) in [6.07, 6.45) is 2.02. The average Bonchev–Trinajstić information content (AvgIpc) is 2.30. The van der Waals surface area contributed by atoms with Crippen molar-refractivity contribution >= 4 is 5.69 Å². The van der Waals surface area contributed by atoms with Crippen molar-refractivity contribution in [1.82, 2.24) is 0 Å². The smallest absolute Gasteiger partial charge is 0.0366 e. The van der Waals surface area contributed by atoms with Crippen LogP contribution in [0.1, 0.15) is 31.4 Å². The molecule has 1 aromatic rings. The number of aryl methyl sites for hydroxylation is 1. The van der Waals surface area contributed by atoms with Crippen LogP contribution in [0.5, 0.6) is 0 Å². The second-order valence-corrected chi connectivity index (χ2v) is 4.50. The molecule has 0 radical (unpaired) electrons. The molecule has 90 valence electrons. The first kappa shape index (κ1) is 13.0. The Hall–Kier alpha value is -1.02. The summed E-state index contributed by atoms with van der Waals surface area (Å²) < 4.78 is 0. The summed E-state index contributed by atoms with van der Waals surface area (Å²) in [7, 11) is 2.12. The quantitative estimate of drug-likeness (QED) is 0.826. The number of hydrogen-bond donors (Lipinski definition) is 1. The minimum atomic E-state index is 0.286. The Morgan fingerprint density at radius 1 is 1.31 bits per heavy atom. The lowest BCUT2D eigenvalue weighted by atomic mass is 9.99. The van der Waals surface area contributed by atoms with Gasteiger partial charge in [-0.15, -0.1) is 0 Å². The second kappa shape index (κ2) is 5.90. The molecule has 0 aliphatic rings. The summed E-state index contributed by atoms with van der Waals surface area (Å²) in [4.78, 5) is 2.25. The van der Waals surface area contributed by atoms with E-state index in [0.717, 1.165) is 19.4 Å². The molecule has 0 aromatic heterocycles. The number of nitrogens with zero attached hydrogens (tertiary/aromatic N) is 1. The summed E-state index contributed by atoms with van der Waals surface area (Å²) in [6.45, 7) is 7.51. The van der Waals surface area contributed by atoms with Gasteiger partial charge in [-0.2, -0.15) is 0 Å². The van der Waals surface area contributed by atoms with E-state index in [-0.39, 0.29) is 6.04 Å². The molecule has 0 amide bonds. The number of rotatable bonds is 5. The summed E-state index contributed by atoms with van der Waals surface area (Å²) in [5, 5.41) is 0. The van der Waals surface area contributed by atoms with E-state index >= 15 is 0 Å². The summed E-state index contributed by atoms with van der Waals surface area (Å²) >= 11 is 0. The molecule has 0 spiro atoms. The Bertz CT molecular complexity index is 334. The van der Waals surface area contributed by atoms with E-state index in [1.54, 1.807) is 0 Å². The van der Waals surface area contributed by atoms with Crippen molar-refractivity contribution < 1.29 is 0 Å². The van der Waals surface area contributed by atoms with Gasteiger partial charge in [0.25, 0.3) is 0 Å². The number of hydrogen-bond acceptors (Lipinski definition) is 2. The maximum atomic E-state index is 5.99. The third-order valence-corrected chi connectivity index (χ3v) is 3.25. The van der Waals surface area contributed by atoms with Crippen LogP contribution in [0.3, 0.4) is 0 Å². The Labute approximate surface area is 99.5 Å². The van der Waals surface area contributed by atoms with Gasteiger partial charge in [0.15, 0.2) is 0 Å². The first-order chi connectivity index (χ1) is 7.58. The fourth-order valence-electron chi connectivity index (χ4n) is 1.76. The average molecular weight is 220 g/mol. The molecule has 0 bridgehead atoms. The predicted octanol–water partition coefficient (Wildman–Crippen LogP) is 2.73. The lowest BCUT2D eigenvalue weighted by molar-refractivity contribution is 0.644. The van der Waals surface area contributed by atoms with Gasteiger partial charge >= 0.3 is 0 Å². The molecule has 0 heterocycles. The fraction of sp³-hybridized carbons (Fsp3) is 0.571. The molecule has 2 heteroatoms. The lowest BCUT2D eigenvalue weighted by Crippen LogP contribution is -2.22. The molecule has 16 heavy (non-hydrogen) atoms. The van der Waals surface area contributed by atoms with Crippen molar-refractivity contribution in [2.45, 2.75) is 39.7 Å². The topological polar surface area (TPSA) is 29.3 Å². The zero-order valence-electron chi connectivity index (χ0n) is 11.0. The van der Waals surface area contributed by atoms with Crippen LogP contribution in [0.4, 0.5) is 5.69 Å². The van der Waals surface area contributed by atoms with Crippen molar-refractivity contribution in [1.29, 1.82) is 0 Å². The number of anilines is 1. The van der Waals surface area contributed by atoms with Crippen molar-refractivity contribution in [2.75, 3.05) is 18.5 Å². The van der Waals surface area contributed by atoms with Crippen molar-refractivity contribution in [3.8, 4) is 0 Å². The van der Waals surface area contributed by atoms with Gasteiger partial charge in [0, 0.05) is 25.3 Å². The van der Waals surface area contributed by atoms with Crippen molar-refractivity contribution in [3.05, 3.63) is 29.3 Å². The van der Waals surface area contributed by atoms with Gasteiger partial charge in [0.2, 0.25) is 0 Å². The van der Waals surface area contributed by atoms with E-state index in [2.05, 4.69) is 50.9 Å². The molecular weight excluding hydrogens is 196 g/mol. The van der Waals surface area contributed by atoms with E-state index in [9.17, 15) is 0 Å². The van der Waals surface area contributed by atoms with Crippen LogP contribution in [-0.4, -0.2) is 19.6 Å². The van der Waals surface area contributed by atoms with Crippen LogP contribution >= 0.6 is 0 Å². The molecule has 1 atom stereocenters. The van der Waals surface area contributed by atoms with Gasteiger partial charge in [-0.3, -0.25) is 0 Å². The largest absolute Gasteiger partial charge is 0.375 e. The molecule has 0 saturated heterocycles. The van der Waals surface area contributed by atoms with Crippen LogP contribution < -0.4 is 10.6 Å². The molecule has 0 aliphatic carbocycles. The van der Waals surface area contributed by atoms with Crippen molar-refractivity contribution in [3.63, 3.8) is 0 Å². The maximum Gasteiger partial charge on any atom is 0.0366 e. The van der Waals surface area contributed by atoms with Gasteiger partial charge in [-0.05, 0) is 49.9 Å². The normalized spacial score (nSPS) is 12.6. The molecule has 0 aliphatic heterocycles. The zero-order valence-corrected chi connectivity index (χ0v) is 11.0. The van der Waals surface area contributed by atoms with Crippen LogP contribution in [0.15, 0.2) is 18.2 Å². The van der Waals surface area contributed by atoms with Crippen LogP contribution in [-0.2, 0) is 6.42 Å². The summed E-state index contributed by atoms with van der Waals surface area (Å²) in [5.41, 5.74) is 10.00. The van der Waals surface area contributed by atoms with Crippen LogP contribution in [0, 0.1) is 6.92 Å². The lowest BCUT2D eigenvalue weighted by Gasteiger charge is -2.19. The highest BCUT2D eigenvalue weighted by Gasteiger charge is 2.06. The standard InChI is InChI=1S/C14H24N2/c1-5-13(15)10-12-7-8-14(9-11(12)3)16(4)6-2/h7-9,13H,5-6,10,15H2,1-4H3. The maximum absolute atomic E-state index is 5.99. The fourth-order valence-corrected chi connectivity index (χ4v) is 1.76. The molecule has 2 N–H and O–H groups in total. The highest BCUT2D eigenvalue weighted by atomic mass is 15.1. The molecule has 2 nitrogen and oxygen atoms in total. The van der Waals surface area contributed by atoms with E-state index in [1.807, 2.05) is 0 Å². The Balaban J connectivity index is 2.83. The first-order valence-corrected chi connectivity index (χ1v) is 6.14. The highest BCUT2D eigenvalue weighted by Crippen LogP contribution is 2.19. The third kappa shape index (κ3) is 3.24. The first-order valence-electron chi connectivity index (χ1n) is 6.14. The van der Waals surface area contributed by atoms with Gasteiger partial charge in [0.05, 0.1) is 0 Å². The molecular formula is C14H24N2. The highest BCUT2D eigenvalue weighted by molar-refractivity contribution is 5.50. The minimum Gasteiger partial charge on any atom is -0.375 e. The van der Waals surface area contributed by atoms with Gasteiger partial charge in [-0.1, -0.05) is 13.0 Å². The second-order valence-electron chi connectivity index (χ2n) is 4.50.